The van der Waals surface area contributed by atoms with Crippen molar-refractivity contribution in [2.24, 2.45) is 0 Å². The highest BCUT2D eigenvalue weighted by molar-refractivity contribution is 5.09. The van der Waals surface area contributed by atoms with Crippen molar-refractivity contribution in [3.8, 4) is 0 Å². The number of aromatic nitrogens is 1. The lowest BCUT2D eigenvalue weighted by Gasteiger charge is -2.10. The molecule has 0 bridgehead atoms. The summed E-state index contributed by atoms with van der Waals surface area (Å²) in [5, 5.41) is 3.43. The molecule has 0 aromatic carbocycles. The summed E-state index contributed by atoms with van der Waals surface area (Å²) in [6.07, 6.45) is 2.76. The summed E-state index contributed by atoms with van der Waals surface area (Å²) >= 11 is 0. The number of hydrogen-bond donors (Lipinski definition) is 1. The molecule has 0 aliphatic carbocycles. The van der Waals surface area contributed by atoms with Crippen molar-refractivity contribution < 1.29 is 4.42 Å². The van der Waals surface area contributed by atoms with Gasteiger partial charge in [-0.2, -0.15) is 0 Å². The van der Waals surface area contributed by atoms with Gasteiger partial charge in [0.05, 0.1) is 6.04 Å². The van der Waals surface area contributed by atoms with Crippen molar-refractivity contribution in [3.63, 3.8) is 0 Å². The third-order valence-corrected chi connectivity index (χ3v) is 2.75. The Morgan fingerprint density at radius 2 is 2.18 bits per heavy atom. The van der Waals surface area contributed by atoms with E-state index in [0.29, 0.717) is 0 Å². The third kappa shape index (κ3) is 3.43. The Labute approximate surface area is 102 Å². The van der Waals surface area contributed by atoms with Gasteiger partial charge in [-0.05, 0) is 38.1 Å². The zero-order valence-corrected chi connectivity index (χ0v) is 10.3. The van der Waals surface area contributed by atoms with E-state index in [1.165, 1.54) is 0 Å². The van der Waals surface area contributed by atoms with E-state index in [9.17, 15) is 0 Å². The van der Waals surface area contributed by atoms with Crippen LogP contribution in [0.4, 0.5) is 0 Å². The van der Waals surface area contributed by atoms with Gasteiger partial charge in [0, 0.05) is 24.9 Å². The van der Waals surface area contributed by atoms with E-state index in [1.54, 1.807) is 0 Å². The minimum Gasteiger partial charge on any atom is -0.465 e. The second kappa shape index (κ2) is 5.64. The summed E-state index contributed by atoms with van der Waals surface area (Å²) in [7, 11) is 0. The molecule has 0 aliphatic rings. The van der Waals surface area contributed by atoms with Gasteiger partial charge in [0.25, 0.3) is 0 Å². The molecule has 3 nitrogen and oxygen atoms in total. The monoisotopic (exact) mass is 230 g/mol. The van der Waals surface area contributed by atoms with Crippen LogP contribution in [0.2, 0.25) is 0 Å². The van der Waals surface area contributed by atoms with Gasteiger partial charge in [-0.15, -0.1) is 0 Å². The number of hydrogen-bond acceptors (Lipinski definition) is 3. The van der Waals surface area contributed by atoms with Gasteiger partial charge < -0.3 is 9.73 Å². The molecule has 1 N–H and O–H groups in total. The number of nitrogens with one attached hydrogen (secondary N) is 1. The van der Waals surface area contributed by atoms with Crippen molar-refractivity contribution in [3.05, 3.63) is 53.7 Å². The first kappa shape index (κ1) is 11.9. The SMILES string of the molecule is Cc1ccc(C(C)NCCc2ccccn2)o1. The van der Waals surface area contributed by atoms with E-state index in [4.69, 9.17) is 4.42 Å². The first-order chi connectivity index (χ1) is 8.25. The van der Waals surface area contributed by atoms with E-state index >= 15 is 0 Å². The largest absolute Gasteiger partial charge is 0.465 e. The molecule has 1 unspecified atom stereocenters. The lowest BCUT2D eigenvalue weighted by molar-refractivity contribution is 0.417. The quantitative estimate of drug-likeness (QED) is 0.858. The predicted molar refractivity (Wildman–Crippen MR) is 67.8 cm³/mol. The van der Waals surface area contributed by atoms with Crippen LogP contribution in [0.1, 0.15) is 30.2 Å². The Morgan fingerprint density at radius 3 is 2.82 bits per heavy atom. The minimum absolute atomic E-state index is 0.243. The first-order valence-corrected chi connectivity index (χ1v) is 5.95. The molecule has 2 aromatic rings. The second-order valence-electron chi connectivity index (χ2n) is 4.20. The normalized spacial score (nSPS) is 12.6. The zero-order valence-electron chi connectivity index (χ0n) is 10.3. The second-order valence-corrected chi connectivity index (χ2v) is 4.20. The highest BCUT2D eigenvalue weighted by atomic mass is 16.3. The highest BCUT2D eigenvalue weighted by Crippen LogP contribution is 2.15. The van der Waals surface area contributed by atoms with Crippen LogP contribution in [-0.4, -0.2) is 11.5 Å². The van der Waals surface area contributed by atoms with Crippen molar-refractivity contribution >= 4 is 0 Å². The molecule has 0 saturated carbocycles. The summed E-state index contributed by atoms with van der Waals surface area (Å²) in [5.41, 5.74) is 1.11. The third-order valence-electron chi connectivity index (χ3n) is 2.75. The van der Waals surface area contributed by atoms with Crippen molar-refractivity contribution in [1.82, 2.24) is 10.3 Å². The number of rotatable bonds is 5. The molecular weight excluding hydrogens is 212 g/mol. The molecule has 1 atom stereocenters. The Kier molecular flexibility index (Phi) is 3.94. The summed E-state index contributed by atoms with van der Waals surface area (Å²) in [5.74, 6) is 1.95. The molecule has 2 rings (SSSR count). The molecule has 90 valence electrons. The van der Waals surface area contributed by atoms with E-state index < -0.39 is 0 Å². The standard InChI is InChI=1S/C14H18N2O/c1-11-6-7-14(17-11)12(2)15-10-8-13-5-3-4-9-16-13/h3-7,9,12,15H,8,10H2,1-2H3. The fraction of sp³-hybridized carbons (Fsp3) is 0.357. The molecule has 2 heterocycles. The van der Waals surface area contributed by atoms with Gasteiger partial charge in [0.15, 0.2) is 0 Å². The summed E-state index contributed by atoms with van der Waals surface area (Å²) in [6.45, 7) is 4.97. The maximum Gasteiger partial charge on any atom is 0.120 e. The minimum atomic E-state index is 0.243. The Balaban J connectivity index is 1.79. The molecule has 3 heteroatoms. The number of furan rings is 1. The molecule has 2 aromatic heterocycles. The van der Waals surface area contributed by atoms with Crippen LogP contribution in [0.15, 0.2) is 40.9 Å². The van der Waals surface area contributed by atoms with E-state index in [2.05, 4.69) is 17.2 Å². The van der Waals surface area contributed by atoms with Gasteiger partial charge >= 0.3 is 0 Å². The lowest BCUT2D eigenvalue weighted by Crippen LogP contribution is -2.21. The molecule has 0 saturated heterocycles. The number of nitrogens with zero attached hydrogens (tertiary/aromatic N) is 1. The fourth-order valence-corrected chi connectivity index (χ4v) is 1.75. The van der Waals surface area contributed by atoms with Crippen molar-refractivity contribution in [2.45, 2.75) is 26.3 Å². The summed E-state index contributed by atoms with van der Waals surface area (Å²) in [4.78, 5) is 4.29. The Hall–Kier alpha value is -1.61. The molecule has 0 aliphatic heterocycles. The van der Waals surface area contributed by atoms with Crippen LogP contribution in [0.3, 0.4) is 0 Å². The first-order valence-electron chi connectivity index (χ1n) is 5.95. The smallest absolute Gasteiger partial charge is 0.120 e. The molecule has 0 fully saturated rings. The van der Waals surface area contributed by atoms with Gasteiger partial charge in [-0.3, -0.25) is 4.98 Å². The van der Waals surface area contributed by atoms with Crippen LogP contribution in [0.5, 0.6) is 0 Å². The van der Waals surface area contributed by atoms with Crippen LogP contribution in [-0.2, 0) is 6.42 Å². The summed E-state index contributed by atoms with van der Waals surface area (Å²) in [6, 6.07) is 10.3. The van der Waals surface area contributed by atoms with Crippen molar-refractivity contribution in [1.29, 1.82) is 0 Å². The Morgan fingerprint density at radius 1 is 1.29 bits per heavy atom. The topological polar surface area (TPSA) is 38.1 Å². The average molecular weight is 230 g/mol. The van der Waals surface area contributed by atoms with E-state index in [-0.39, 0.29) is 6.04 Å². The number of pyridine rings is 1. The van der Waals surface area contributed by atoms with Gasteiger partial charge in [0.1, 0.15) is 11.5 Å². The molecule has 0 spiro atoms. The van der Waals surface area contributed by atoms with Crippen LogP contribution >= 0.6 is 0 Å². The predicted octanol–water partition coefficient (Wildman–Crippen LogP) is 2.88. The number of aryl methyl sites for hydroxylation is 1. The molecule has 0 amide bonds. The van der Waals surface area contributed by atoms with Gasteiger partial charge in [-0.1, -0.05) is 6.07 Å². The van der Waals surface area contributed by atoms with E-state index in [0.717, 1.165) is 30.2 Å². The van der Waals surface area contributed by atoms with Crippen molar-refractivity contribution in [2.75, 3.05) is 6.54 Å². The van der Waals surface area contributed by atoms with E-state index in [1.807, 2.05) is 43.5 Å². The van der Waals surface area contributed by atoms with Crippen LogP contribution < -0.4 is 5.32 Å². The fourth-order valence-electron chi connectivity index (χ4n) is 1.75. The lowest BCUT2D eigenvalue weighted by atomic mass is 10.2. The Bertz CT molecular complexity index is 450. The zero-order chi connectivity index (χ0) is 12.1. The average Bonchev–Trinajstić information content (AvgIpc) is 2.77. The maximum absolute atomic E-state index is 5.57. The van der Waals surface area contributed by atoms with Gasteiger partial charge in [0.2, 0.25) is 0 Å². The molecular formula is C14H18N2O. The van der Waals surface area contributed by atoms with Gasteiger partial charge in [-0.25, -0.2) is 0 Å². The molecule has 0 radical (unpaired) electrons. The summed E-state index contributed by atoms with van der Waals surface area (Å²) < 4.78 is 5.57. The highest BCUT2D eigenvalue weighted by Gasteiger charge is 2.08. The molecule has 17 heavy (non-hydrogen) atoms. The van der Waals surface area contributed by atoms with Crippen LogP contribution in [0.25, 0.3) is 0 Å². The maximum atomic E-state index is 5.57. The van der Waals surface area contributed by atoms with Crippen LogP contribution in [0, 0.1) is 6.92 Å².